The van der Waals surface area contributed by atoms with Crippen LogP contribution in [0.5, 0.6) is 0 Å². The summed E-state index contributed by atoms with van der Waals surface area (Å²) in [5.74, 6) is 1.65. The first-order valence-corrected chi connectivity index (χ1v) is 8.39. The average Bonchev–Trinajstić information content (AvgIpc) is 3.01. The van der Waals surface area contributed by atoms with Crippen molar-refractivity contribution in [3.63, 3.8) is 0 Å². The highest BCUT2D eigenvalue weighted by atomic mass is 127. The van der Waals surface area contributed by atoms with Gasteiger partial charge in [-0.15, -0.1) is 35.3 Å². The molecule has 1 aliphatic rings. The van der Waals surface area contributed by atoms with Crippen LogP contribution in [-0.4, -0.2) is 44.1 Å². The van der Waals surface area contributed by atoms with E-state index in [0.29, 0.717) is 0 Å². The van der Waals surface area contributed by atoms with E-state index >= 15 is 0 Å². The van der Waals surface area contributed by atoms with Crippen molar-refractivity contribution in [3.05, 3.63) is 22.4 Å². The van der Waals surface area contributed by atoms with Crippen molar-refractivity contribution >= 4 is 41.3 Å². The predicted molar refractivity (Wildman–Crippen MR) is 103 cm³/mol. The fraction of sp³-hybridized carbons (Fsp3) is 0.667. The Morgan fingerprint density at radius 3 is 3.00 bits per heavy atom. The van der Waals surface area contributed by atoms with E-state index in [9.17, 15) is 0 Å². The van der Waals surface area contributed by atoms with Crippen LogP contribution in [0.25, 0.3) is 0 Å². The maximum Gasteiger partial charge on any atom is 0.191 e. The fourth-order valence-corrected chi connectivity index (χ4v) is 3.30. The predicted octanol–water partition coefficient (Wildman–Crippen LogP) is 2.76. The van der Waals surface area contributed by atoms with Crippen molar-refractivity contribution < 1.29 is 0 Å². The lowest BCUT2D eigenvalue weighted by molar-refractivity contribution is 0.183. The second kappa shape index (κ2) is 10.4. The van der Waals surface area contributed by atoms with Gasteiger partial charge in [0.05, 0.1) is 6.54 Å². The average molecular weight is 422 g/mol. The molecule has 0 radical (unpaired) electrons. The van der Waals surface area contributed by atoms with Gasteiger partial charge in [0.25, 0.3) is 0 Å². The quantitative estimate of drug-likeness (QED) is 0.436. The number of rotatable bonds is 5. The number of likely N-dealkylation sites (tertiary alicyclic amines) is 1. The zero-order chi connectivity index (χ0) is 14.2. The van der Waals surface area contributed by atoms with Gasteiger partial charge >= 0.3 is 0 Å². The molecule has 1 saturated heterocycles. The minimum absolute atomic E-state index is 0. The van der Waals surface area contributed by atoms with Crippen LogP contribution in [0.3, 0.4) is 0 Å². The Morgan fingerprint density at radius 1 is 1.48 bits per heavy atom. The molecule has 2 N–H and O–H groups in total. The Bertz CT molecular complexity index is 408. The highest BCUT2D eigenvalue weighted by molar-refractivity contribution is 14.0. The van der Waals surface area contributed by atoms with Gasteiger partial charge in [0.15, 0.2) is 5.96 Å². The lowest BCUT2D eigenvalue weighted by Crippen LogP contribution is -2.44. The lowest BCUT2D eigenvalue weighted by Gasteiger charge is -2.32. The van der Waals surface area contributed by atoms with Gasteiger partial charge in [-0.05, 0) is 43.3 Å². The molecule has 120 valence electrons. The molecule has 0 aliphatic carbocycles. The van der Waals surface area contributed by atoms with E-state index in [-0.39, 0.29) is 24.0 Å². The Kier molecular flexibility index (Phi) is 9.26. The molecule has 6 heteroatoms. The van der Waals surface area contributed by atoms with E-state index < -0.39 is 0 Å². The summed E-state index contributed by atoms with van der Waals surface area (Å²) < 4.78 is 0. The van der Waals surface area contributed by atoms with E-state index in [2.05, 4.69) is 45.0 Å². The zero-order valence-corrected chi connectivity index (χ0v) is 16.1. The molecule has 0 saturated carbocycles. The van der Waals surface area contributed by atoms with Gasteiger partial charge in [-0.2, -0.15) is 0 Å². The normalized spacial score (nSPS) is 19.9. The number of nitrogens with one attached hydrogen (secondary N) is 2. The van der Waals surface area contributed by atoms with Gasteiger partial charge in [-0.25, -0.2) is 0 Å². The minimum Gasteiger partial charge on any atom is -0.356 e. The second-order valence-electron chi connectivity index (χ2n) is 5.29. The van der Waals surface area contributed by atoms with Crippen molar-refractivity contribution in [2.75, 3.05) is 33.2 Å². The summed E-state index contributed by atoms with van der Waals surface area (Å²) >= 11 is 1.77. The van der Waals surface area contributed by atoms with E-state index in [1.54, 1.807) is 11.3 Å². The standard InChI is InChI=1S/C15H26N4S.HI/c1-3-19-8-4-6-13(12-19)10-17-15(16-2)18-11-14-7-5-9-20-14;/h5,7,9,13H,3-4,6,8,10-12H2,1-2H3,(H2,16,17,18);1H. The Morgan fingerprint density at radius 2 is 2.33 bits per heavy atom. The maximum absolute atomic E-state index is 4.30. The van der Waals surface area contributed by atoms with Crippen LogP contribution >= 0.6 is 35.3 Å². The second-order valence-corrected chi connectivity index (χ2v) is 6.32. The van der Waals surface area contributed by atoms with Crippen LogP contribution in [0.4, 0.5) is 0 Å². The highest BCUT2D eigenvalue weighted by Crippen LogP contribution is 2.15. The SMILES string of the molecule is CCN1CCCC(CNC(=NC)NCc2cccs2)C1.I. The van der Waals surface area contributed by atoms with Gasteiger partial charge in [0, 0.05) is 25.0 Å². The largest absolute Gasteiger partial charge is 0.356 e. The van der Waals surface area contributed by atoms with Gasteiger partial charge in [0.1, 0.15) is 0 Å². The van der Waals surface area contributed by atoms with Crippen LogP contribution in [0.15, 0.2) is 22.5 Å². The van der Waals surface area contributed by atoms with Gasteiger partial charge in [0.2, 0.25) is 0 Å². The van der Waals surface area contributed by atoms with Crippen molar-refractivity contribution in [2.24, 2.45) is 10.9 Å². The summed E-state index contributed by atoms with van der Waals surface area (Å²) in [6.45, 7) is 7.76. The van der Waals surface area contributed by atoms with Crippen LogP contribution in [0, 0.1) is 5.92 Å². The van der Waals surface area contributed by atoms with Crippen molar-refractivity contribution in [1.82, 2.24) is 15.5 Å². The van der Waals surface area contributed by atoms with Crippen molar-refractivity contribution in [1.29, 1.82) is 0 Å². The molecule has 1 fully saturated rings. The molecule has 21 heavy (non-hydrogen) atoms. The summed E-state index contributed by atoms with van der Waals surface area (Å²) in [6, 6.07) is 4.23. The molecule has 0 spiro atoms. The van der Waals surface area contributed by atoms with E-state index in [1.807, 2.05) is 7.05 Å². The smallest absolute Gasteiger partial charge is 0.191 e. The molecule has 0 amide bonds. The molecular weight excluding hydrogens is 395 g/mol. The molecule has 1 aromatic heterocycles. The summed E-state index contributed by atoms with van der Waals surface area (Å²) in [6.07, 6.45) is 2.65. The number of hydrogen-bond donors (Lipinski definition) is 2. The van der Waals surface area contributed by atoms with Gasteiger partial charge < -0.3 is 15.5 Å². The topological polar surface area (TPSA) is 39.7 Å². The summed E-state index contributed by atoms with van der Waals surface area (Å²) in [4.78, 5) is 8.17. The fourth-order valence-electron chi connectivity index (χ4n) is 2.65. The monoisotopic (exact) mass is 422 g/mol. The van der Waals surface area contributed by atoms with Crippen molar-refractivity contribution in [3.8, 4) is 0 Å². The Hall–Kier alpha value is -0.340. The molecule has 0 aromatic carbocycles. The molecular formula is C15H27IN4S. The van der Waals surface area contributed by atoms with Gasteiger partial charge in [-0.1, -0.05) is 13.0 Å². The molecule has 1 atom stereocenters. The molecule has 2 rings (SSSR count). The molecule has 1 unspecified atom stereocenters. The molecule has 1 aromatic rings. The zero-order valence-electron chi connectivity index (χ0n) is 13.0. The third-order valence-corrected chi connectivity index (χ3v) is 4.72. The molecule has 1 aliphatic heterocycles. The van der Waals surface area contributed by atoms with Crippen LogP contribution in [-0.2, 0) is 6.54 Å². The number of nitrogens with zero attached hydrogens (tertiary/aromatic N) is 2. The lowest BCUT2D eigenvalue weighted by atomic mass is 9.98. The Labute approximate surface area is 149 Å². The summed E-state index contributed by atoms with van der Waals surface area (Å²) in [5.41, 5.74) is 0. The summed E-state index contributed by atoms with van der Waals surface area (Å²) in [7, 11) is 1.84. The first-order valence-electron chi connectivity index (χ1n) is 7.51. The third-order valence-electron chi connectivity index (χ3n) is 3.84. The number of aliphatic imine (C=N–C) groups is 1. The Balaban J connectivity index is 0.00000220. The number of halogens is 1. The third kappa shape index (κ3) is 6.52. The first-order chi connectivity index (χ1) is 9.81. The van der Waals surface area contributed by atoms with Crippen molar-refractivity contribution in [2.45, 2.75) is 26.3 Å². The van der Waals surface area contributed by atoms with Crippen LogP contribution in [0.1, 0.15) is 24.6 Å². The number of piperidine rings is 1. The van der Waals surface area contributed by atoms with Crippen LogP contribution < -0.4 is 10.6 Å². The van der Waals surface area contributed by atoms with Gasteiger partial charge in [-0.3, -0.25) is 4.99 Å². The maximum atomic E-state index is 4.30. The first kappa shape index (κ1) is 18.7. The molecule has 4 nitrogen and oxygen atoms in total. The van der Waals surface area contributed by atoms with E-state index in [0.717, 1.165) is 25.0 Å². The number of guanidine groups is 1. The van der Waals surface area contributed by atoms with E-state index in [4.69, 9.17) is 0 Å². The summed E-state index contributed by atoms with van der Waals surface area (Å²) in [5, 5.41) is 8.94. The molecule has 0 bridgehead atoms. The van der Waals surface area contributed by atoms with Crippen LogP contribution in [0.2, 0.25) is 0 Å². The number of hydrogen-bond acceptors (Lipinski definition) is 3. The molecule has 2 heterocycles. The van der Waals surface area contributed by atoms with E-state index in [1.165, 1.54) is 37.4 Å². The minimum atomic E-state index is 0. The number of thiophene rings is 1. The highest BCUT2D eigenvalue weighted by Gasteiger charge is 2.18.